The van der Waals surface area contributed by atoms with Crippen LogP contribution in [-0.4, -0.2) is 63.3 Å². The molecule has 0 aromatic heterocycles. The van der Waals surface area contributed by atoms with E-state index in [0.717, 1.165) is 19.1 Å². The third kappa shape index (κ3) is 3.91. The molecule has 1 amide bonds. The molecule has 0 spiro atoms. The lowest BCUT2D eigenvalue weighted by atomic mass is 10.0. The molecule has 5 nitrogen and oxygen atoms in total. The van der Waals surface area contributed by atoms with Crippen LogP contribution >= 0.6 is 0 Å². The van der Waals surface area contributed by atoms with Crippen LogP contribution < -0.4 is 10.6 Å². The third-order valence-corrected chi connectivity index (χ3v) is 4.50. The molecule has 0 aromatic rings. The van der Waals surface area contributed by atoms with Crippen LogP contribution in [0, 0.1) is 5.92 Å². The molecule has 2 N–H and O–H groups in total. The van der Waals surface area contributed by atoms with Crippen molar-refractivity contribution >= 4 is 5.91 Å². The molecular weight excluding hydrogens is 242 g/mol. The van der Waals surface area contributed by atoms with Gasteiger partial charge in [0.1, 0.15) is 0 Å². The van der Waals surface area contributed by atoms with E-state index in [1.807, 2.05) is 7.05 Å². The van der Waals surface area contributed by atoms with E-state index in [1.54, 1.807) is 0 Å². The summed E-state index contributed by atoms with van der Waals surface area (Å²) in [7, 11) is 4.05. The highest BCUT2D eigenvalue weighted by Crippen LogP contribution is 2.21. The van der Waals surface area contributed by atoms with Crippen molar-refractivity contribution in [2.24, 2.45) is 5.92 Å². The molecule has 1 saturated carbocycles. The Labute approximate surface area is 116 Å². The predicted octanol–water partition coefficient (Wildman–Crippen LogP) is 0.211. The van der Waals surface area contributed by atoms with Gasteiger partial charge in [0.05, 0.1) is 19.1 Å². The molecule has 1 aliphatic heterocycles. The fourth-order valence-corrected chi connectivity index (χ4v) is 3.11. The molecule has 0 aromatic carbocycles. The molecule has 110 valence electrons. The minimum Gasteiger partial charge on any atom is -0.379 e. The van der Waals surface area contributed by atoms with Crippen molar-refractivity contribution in [3.63, 3.8) is 0 Å². The number of nitrogens with one attached hydrogen (secondary N) is 2. The third-order valence-electron chi connectivity index (χ3n) is 4.50. The molecule has 1 heterocycles. The number of carbonyl (C=O) groups is 1. The van der Waals surface area contributed by atoms with Gasteiger partial charge in [0.15, 0.2) is 0 Å². The second kappa shape index (κ2) is 7.22. The summed E-state index contributed by atoms with van der Waals surface area (Å²) in [6.45, 7) is 2.85. The van der Waals surface area contributed by atoms with Gasteiger partial charge in [0, 0.05) is 25.2 Å². The molecule has 2 fully saturated rings. The van der Waals surface area contributed by atoms with Crippen LogP contribution in [0.3, 0.4) is 0 Å². The summed E-state index contributed by atoms with van der Waals surface area (Å²) in [4.78, 5) is 14.5. The number of carbonyl (C=O) groups excluding carboxylic acids is 1. The smallest absolute Gasteiger partial charge is 0.227 e. The zero-order valence-electron chi connectivity index (χ0n) is 12.2. The number of likely N-dealkylation sites (N-methyl/N-ethyl adjacent to an activating group) is 2. The fraction of sp³-hybridized carbons (Fsp3) is 0.929. The first kappa shape index (κ1) is 14.8. The molecule has 0 radical (unpaired) electrons. The van der Waals surface area contributed by atoms with E-state index >= 15 is 0 Å². The van der Waals surface area contributed by atoms with E-state index in [-0.39, 0.29) is 17.9 Å². The largest absolute Gasteiger partial charge is 0.379 e. The van der Waals surface area contributed by atoms with Gasteiger partial charge in [-0.2, -0.15) is 0 Å². The van der Waals surface area contributed by atoms with E-state index in [9.17, 15) is 4.79 Å². The van der Waals surface area contributed by atoms with E-state index < -0.39 is 0 Å². The Morgan fingerprint density at radius 2 is 2.05 bits per heavy atom. The van der Waals surface area contributed by atoms with Crippen LogP contribution in [0.25, 0.3) is 0 Å². The molecule has 0 bridgehead atoms. The number of nitrogens with zero attached hydrogens (tertiary/aromatic N) is 1. The Kier molecular flexibility index (Phi) is 5.60. The zero-order valence-corrected chi connectivity index (χ0v) is 12.2. The summed E-state index contributed by atoms with van der Waals surface area (Å²) < 4.78 is 5.36. The van der Waals surface area contributed by atoms with Crippen molar-refractivity contribution in [2.75, 3.05) is 40.4 Å². The van der Waals surface area contributed by atoms with Crippen LogP contribution in [0.1, 0.15) is 25.7 Å². The van der Waals surface area contributed by atoms with Crippen LogP contribution in [-0.2, 0) is 9.53 Å². The topological polar surface area (TPSA) is 53.6 Å². The molecule has 2 unspecified atom stereocenters. The zero-order chi connectivity index (χ0) is 13.7. The quantitative estimate of drug-likeness (QED) is 0.724. The maximum Gasteiger partial charge on any atom is 0.227 e. The van der Waals surface area contributed by atoms with Crippen LogP contribution in [0.4, 0.5) is 0 Å². The Balaban J connectivity index is 1.65. The molecular formula is C14H27N3O2. The average Bonchev–Trinajstić information content (AvgIpc) is 3.09. The van der Waals surface area contributed by atoms with Crippen molar-refractivity contribution in [2.45, 2.75) is 37.8 Å². The van der Waals surface area contributed by atoms with Gasteiger partial charge in [-0.05, 0) is 26.9 Å². The second-order valence-corrected chi connectivity index (χ2v) is 5.75. The lowest BCUT2D eigenvalue weighted by Gasteiger charge is -2.24. The summed E-state index contributed by atoms with van der Waals surface area (Å²) in [6.07, 6.45) is 5.32. The van der Waals surface area contributed by atoms with Gasteiger partial charge >= 0.3 is 0 Å². The van der Waals surface area contributed by atoms with E-state index in [0.29, 0.717) is 13.2 Å². The Hall–Kier alpha value is -0.650. The van der Waals surface area contributed by atoms with Gasteiger partial charge in [-0.15, -0.1) is 0 Å². The monoisotopic (exact) mass is 269 g/mol. The summed E-state index contributed by atoms with van der Waals surface area (Å²) >= 11 is 0. The summed E-state index contributed by atoms with van der Waals surface area (Å²) in [5.41, 5.74) is 0. The van der Waals surface area contributed by atoms with Gasteiger partial charge < -0.3 is 20.3 Å². The minimum atomic E-state index is -0.0400. The maximum absolute atomic E-state index is 12.1. The van der Waals surface area contributed by atoms with E-state index in [2.05, 4.69) is 22.6 Å². The number of hydrogen-bond acceptors (Lipinski definition) is 4. The first-order valence-corrected chi connectivity index (χ1v) is 7.45. The average molecular weight is 269 g/mol. The second-order valence-electron chi connectivity index (χ2n) is 5.75. The van der Waals surface area contributed by atoms with E-state index in [4.69, 9.17) is 4.74 Å². The van der Waals surface area contributed by atoms with Gasteiger partial charge in [0.2, 0.25) is 5.91 Å². The number of amides is 1. The molecule has 19 heavy (non-hydrogen) atoms. The first-order valence-electron chi connectivity index (χ1n) is 7.45. The molecule has 2 aliphatic rings. The summed E-state index contributed by atoms with van der Waals surface area (Å²) in [6, 6.07) is 0.879. The number of ether oxygens (including phenoxy) is 1. The van der Waals surface area contributed by atoms with Crippen molar-refractivity contribution < 1.29 is 9.53 Å². The van der Waals surface area contributed by atoms with Gasteiger partial charge in [0.25, 0.3) is 0 Å². The highest BCUT2D eigenvalue weighted by molar-refractivity contribution is 5.79. The molecule has 1 aliphatic carbocycles. The van der Waals surface area contributed by atoms with Crippen molar-refractivity contribution in [1.29, 1.82) is 0 Å². The number of hydrogen-bond donors (Lipinski definition) is 2. The van der Waals surface area contributed by atoms with Gasteiger partial charge in [-0.1, -0.05) is 12.8 Å². The summed E-state index contributed by atoms with van der Waals surface area (Å²) in [5, 5.41) is 6.19. The Bertz CT molecular complexity index is 292. The SMILES string of the molecule is CNC1COCC1C(=O)NCCN(C)C1CCCC1. The Morgan fingerprint density at radius 1 is 1.32 bits per heavy atom. The van der Waals surface area contributed by atoms with Crippen molar-refractivity contribution in [3.8, 4) is 0 Å². The maximum atomic E-state index is 12.1. The molecule has 2 atom stereocenters. The van der Waals surface area contributed by atoms with E-state index in [1.165, 1.54) is 25.7 Å². The predicted molar refractivity (Wildman–Crippen MR) is 75.1 cm³/mol. The minimum absolute atomic E-state index is 0.0400. The molecule has 5 heteroatoms. The van der Waals surface area contributed by atoms with Gasteiger partial charge in [-0.3, -0.25) is 4.79 Å². The standard InChI is InChI=1S/C14H27N3O2/c1-15-13-10-19-9-12(13)14(18)16-7-8-17(2)11-5-3-4-6-11/h11-13,15H,3-10H2,1-2H3,(H,16,18). The molecule has 1 saturated heterocycles. The van der Waals surface area contributed by atoms with Crippen molar-refractivity contribution in [1.82, 2.24) is 15.5 Å². The highest BCUT2D eigenvalue weighted by atomic mass is 16.5. The Morgan fingerprint density at radius 3 is 2.74 bits per heavy atom. The van der Waals surface area contributed by atoms with Crippen molar-refractivity contribution in [3.05, 3.63) is 0 Å². The van der Waals surface area contributed by atoms with Crippen LogP contribution in [0.15, 0.2) is 0 Å². The number of rotatable bonds is 6. The lowest BCUT2D eigenvalue weighted by molar-refractivity contribution is -0.125. The normalized spacial score (nSPS) is 28.2. The highest BCUT2D eigenvalue weighted by Gasteiger charge is 2.32. The summed E-state index contributed by atoms with van der Waals surface area (Å²) in [5.74, 6) is 0.0819. The molecule has 2 rings (SSSR count). The fourth-order valence-electron chi connectivity index (χ4n) is 3.11. The van der Waals surface area contributed by atoms with Crippen LogP contribution in [0.2, 0.25) is 0 Å². The first-order chi connectivity index (χ1) is 9.22. The lowest BCUT2D eigenvalue weighted by Crippen LogP contribution is -2.45. The van der Waals surface area contributed by atoms with Gasteiger partial charge in [-0.25, -0.2) is 0 Å². The van der Waals surface area contributed by atoms with Crippen LogP contribution in [0.5, 0.6) is 0 Å².